The molecule has 0 amide bonds. The molecule has 0 atom stereocenters. The first-order valence-electron chi connectivity index (χ1n) is 10.6. The Morgan fingerprint density at radius 3 is 2.39 bits per heavy atom. The van der Waals surface area contributed by atoms with Crippen LogP contribution in [0.2, 0.25) is 0 Å². The summed E-state index contributed by atoms with van der Waals surface area (Å²) in [7, 11) is 0. The molecule has 0 unspecified atom stereocenters. The van der Waals surface area contributed by atoms with E-state index >= 15 is 0 Å². The summed E-state index contributed by atoms with van der Waals surface area (Å²) in [5.74, 6) is 1.08. The van der Waals surface area contributed by atoms with Gasteiger partial charge in [0.2, 0.25) is 0 Å². The molecule has 0 fully saturated rings. The number of nitrogens with one attached hydrogen (secondary N) is 1. The van der Waals surface area contributed by atoms with Crippen LogP contribution in [0.3, 0.4) is 0 Å². The molecule has 0 bridgehead atoms. The van der Waals surface area contributed by atoms with Gasteiger partial charge in [0, 0.05) is 16.6 Å². The van der Waals surface area contributed by atoms with Crippen molar-refractivity contribution in [3.8, 4) is 0 Å². The first-order chi connectivity index (χ1) is 13.5. The Morgan fingerprint density at radius 2 is 1.68 bits per heavy atom. The van der Waals surface area contributed by atoms with Crippen molar-refractivity contribution >= 4 is 27.9 Å². The fourth-order valence-electron chi connectivity index (χ4n) is 3.93. The van der Waals surface area contributed by atoms with Crippen LogP contribution in [0.25, 0.3) is 16.5 Å². The van der Waals surface area contributed by atoms with E-state index < -0.39 is 0 Å². The Hall–Kier alpha value is -2.48. The molecule has 0 aliphatic heterocycles. The zero-order valence-electron chi connectivity index (χ0n) is 18.1. The third-order valence-corrected chi connectivity index (χ3v) is 5.28. The molecule has 2 heteroatoms. The molecule has 1 N–H and O–H groups in total. The molecule has 148 valence electrons. The van der Waals surface area contributed by atoms with Gasteiger partial charge in [0.25, 0.3) is 0 Å². The van der Waals surface area contributed by atoms with E-state index in [-0.39, 0.29) is 5.41 Å². The second-order valence-corrected chi connectivity index (χ2v) is 8.13. The van der Waals surface area contributed by atoms with Gasteiger partial charge in [0.05, 0.1) is 5.69 Å². The van der Waals surface area contributed by atoms with Crippen LogP contribution in [-0.4, -0.2) is 0 Å². The van der Waals surface area contributed by atoms with E-state index in [4.69, 9.17) is 4.42 Å². The lowest BCUT2D eigenvalue weighted by Gasteiger charge is -2.25. The van der Waals surface area contributed by atoms with E-state index in [1.54, 1.807) is 0 Å². The van der Waals surface area contributed by atoms with Crippen molar-refractivity contribution in [2.45, 2.75) is 60.8 Å². The number of benzene rings is 2. The minimum absolute atomic E-state index is 0.0887. The summed E-state index contributed by atoms with van der Waals surface area (Å²) in [6.07, 6.45) is 5.50. The quantitative estimate of drug-likeness (QED) is 0.499. The second-order valence-electron chi connectivity index (χ2n) is 8.13. The summed E-state index contributed by atoms with van der Waals surface area (Å²) in [5.41, 5.74) is 7.27. The molecule has 0 saturated carbocycles. The summed E-state index contributed by atoms with van der Waals surface area (Å²) in [4.78, 5) is 0. The van der Waals surface area contributed by atoms with Crippen molar-refractivity contribution in [1.82, 2.24) is 0 Å². The molecule has 1 aliphatic rings. The summed E-state index contributed by atoms with van der Waals surface area (Å²) in [6.45, 7) is 13.0. The lowest BCUT2D eigenvalue weighted by atomic mass is 9.80. The van der Waals surface area contributed by atoms with Gasteiger partial charge >= 0.3 is 0 Å². The zero-order valence-corrected chi connectivity index (χ0v) is 18.1. The summed E-state index contributed by atoms with van der Waals surface area (Å²) in [6, 6.07) is 14.9. The number of hydrogen-bond donors (Lipinski definition) is 1. The zero-order chi connectivity index (χ0) is 20.3. The van der Waals surface area contributed by atoms with Crippen molar-refractivity contribution in [1.29, 1.82) is 0 Å². The largest absolute Gasteiger partial charge is 0.454 e. The van der Waals surface area contributed by atoms with Gasteiger partial charge in [-0.15, -0.1) is 0 Å². The van der Waals surface area contributed by atoms with Crippen molar-refractivity contribution in [2.75, 3.05) is 5.32 Å². The number of fused-ring (bicyclic) bond motifs is 3. The van der Waals surface area contributed by atoms with E-state index in [9.17, 15) is 0 Å². The molecular weight excluding hydrogens is 342 g/mol. The molecule has 2 nitrogen and oxygen atoms in total. The number of aryl methyl sites for hydroxylation is 2. The van der Waals surface area contributed by atoms with Gasteiger partial charge in [0.15, 0.2) is 5.58 Å². The van der Waals surface area contributed by atoms with E-state index in [0.29, 0.717) is 0 Å². The predicted molar refractivity (Wildman–Crippen MR) is 122 cm³/mol. The highest BCUT2D eigenvalue weighted by molar-refractivity contribution is 5.96. The van der Waals surface area contributed by atoms with Gasteiger partial charge in [-0.1, -0.05) is 78.0 Å². The monoisotopic (exact) mass is 375 g/mol. The SMILES string of the molecule is CC.CCc1ccccc1Nc1cccc2c3c(oc12)C(C(C)(C)C)=CCC3. The van der Waals surface area contributed by atoms with Crippen LogP contribution < -0.4 is 5.32 Å². The molecule has 3 aromatic rings. The van der Waals surface area contributed by atoms with Crippen molar-refractivity contribution in [2.24, 2.45) is 5.41 Å². The molecular formula is C26H33NO. The highest BCUT2D eigenvalue weighted by Gasteiger charge is 2.28. The average Bonchev–Trinajstić information content (AvgIpc) is 3.09. The van der Waals surface area contributed by atoms with E-state index in [1.165, 1.54) is 22.1 Å². The van der Waals surface area contributed by atoms with Crippen molar-refractivity contribution in [3.05, 3.63) is 65.4 Å². The Bertz CT molecular complexity index is 985. The number of allylic oxidation sites excluding steroid dienone is 2. The molecule has 1 aromatic heterocycles. The molecule has 2 aromatic carbocycles. The minimum atomic E-state index is 0.0887. The number of para-hydroxylation sites is 2. The van der Waals surface area contributed by atoms with E-state index in [2.05, 4.69) is 81.6 Å². The van der Waals surface area contributed by atoms with Crippen LogP contribution >= 0.6 is 0 Å². The predicted octanol–water partition coefficient (Wildman–Crippen LogP) is 8.14. The maximum atomic E-state index is 6.48. The minimum Gasteiger partial charge on any atom is -0.454 e. The van der Waals surface area contributed by atoms with Gasteiger partial charge in [-0.05, 0) is 47.9 Å². The fraction of sp³-hybridized carbons (Fsp3) is 0.385. The molecule has 4 rings (SSSR count). The molecule has 0 radical (unpaired) electrons. The highest BCUT2D eigenvalue weighted by atomic mass is 16.3. The first-order valence-corrected chi connectivity index (χ1v) is 10.6. The van der Waals surface area contributed by atoms with Gasteiger partial charge in [-0.3, -0.25) is 0 Å². The number of anilines is 2. The van der Waals surface area contributed by atoms with Crippen molar-refractivity contribution in [3.63, 3.8) is 0 Å². The number of hydrogen-bond acceptors (Lipinski definition) is 2. The van der Waals surface area contributed by atoms with Crippen LogP contribution in [0.4, 0.5) is 11.4 Å². The second kappa shape index (κ2) is 8.26. The Kier molecular flexibility index (Phi) is 5.98. The third kappa shape index (κ3) is 3.73. The molecule has 0 saturated heterocycles. The Labute approximate surface area is 169 Å². The topological polar surface area (TPSA) is 25.2 Å². The van der Waals surface area contributed by atoms with Gasteiger partial charge in [-0.2, -0.15) is 0 Å². The Morgan fingerprint density at radius 1 is 0.964 bits per heavy atom. The van der Waals surface area contributed by atoms with Crippen LogP contribution in [0.1, 0.15) is 64.9 Å². The smallest absolute Gasteiger partial charge is 0.158 e. The highest BCUT2D eigenvalue weighted by Crippen LogP contribution is 2.44. The normalized spacial score (nSPS) is 13.4. The first kappa shape index (κ1) is 20.3. The van der Waals surface area contributed by atoms with Crippen LogP contribution in [0.15, 0.2) is 53.0 Å². The van der Waals surface area contributed by atoms with Gasteiger partial charge < -0.3 is 9.73 Å². The summed E-state index contributed by atoms with van der Waals surface area (Å²) >= 11 is 0. The maximum Gasteiger partial charge on any atom is 0.158 e. The Balaban J connectivity index is 0.00000109. The van der Waals surface area contributed by atoms with Gasteiger partial charge in [-0.25, -0.2) is 0 Å². The van der Waals surface area contributed by atoms with Crippen molar-refractivity contribution < 1.29 is 4.42 Å². The van der Waals surface area contributed by atoms with E-state index in [1.807, 2.05) is 13.8 Å². The standard InChI is InChI=1S/C24H27NO.C2H6/c1-5-16-10-6-7-14-20(16)25-21-15-9-12-18-17-11-8-13-19(24(2,3)4)22(17)26-23(18)21;1-2/h6-7,9-10,12-15,25H,5,8,11H2,1-4H3;1-2H3. The molecule has 1 aliphatic carbocycles. The van der Waals surface area contributed by atoms with Crippen LogP contribution in [0.5, 0.6) is 0 Å². The lowest BCUT2D eigenvalue weighted by molar-refractivity contribution is 0.515. The van der Waals surface area contributed by atoms with Gasteiger partial charge in [0.1, 0.15) is 5.76 Å². The third-order valence-electron chi connectivity index (χ3n) is 5.28. The molecule has 28 heavy (non-hydrogen) atoms. The van der Waals surface area contributed by atoms with E-state index in [0.717, 1.165) is 42.0 Å². The maximum absolute atomic E-state index is 6.48. The summed E-state index contributed by atoms with van der Waals surface area (Å²) in [5, 5.41) is 4.86. The van der Waals surface area contributed by atoms with Crippen LogP contribution in [0, 0.1) is 5.41 Å². The number of rotatable bonds is 3. The number of furan rings is 1. The fourth-order valence-corrected chi connectivity index (χ4v) is 3.93. The molecule has 1 heterocycles. The molecule has 0 spiro atoms. The van der Waals surface area contributed by atoms with Crippen LogP contribution in [-0.2, 0) is 12.8 Å². The lowest BCUT2D eigenvalue weighted by Crippen LogP contribution is -2.11. The summed E-state index contributed by atoms with van der Waals surface area (Å²) < 4.78 is 6.48. The average molecular weight is 376 g/mol.